The van der Waals surface area contributed by atoms with Crippen LogP contribution in [0.3, 0.4) is 0 Å². The van der Waals surface area contributed by atoms with Gasteiger partial charge in [-0.2, -0.15) is 0 Å². The molecule has 0 aliphatic heterocycles. The number of aryl methyl sites for hydroxylation is 1. The fraction of sp³-hybridized carbons (Fsp3) is 0.385. The SMILES string of the molecule is CCc1c(NC)ncnc1NCc1ccc(C)s1. The summed E-state index contributed by atoms with van der Waals surface area (Å²) in [4.78, 5) is 11.2. The molecule has 0 amide bonds. The summed E-state index contributed by atoms with van der Waals surface area (Å²) in [7, 11) is 1.88. The molecule has 0 unspecified atom stereocenters. The number of nitrogens with one attached hydrogen (secondary N) is 2. The van der Waals surface area contributed by atoms with Crippen LogP contribution in [0.1, 0.15) is 22.2 Å². The number of aromatic nitrogens is 2. The first-order chi connectivity index (χ1) is 8.74. The summed E-state index contributed by atoms with van der Waals surface area (Å²) in [5, 5.41) is 6.49. The molecular formula is C13H18N4S. The summed E-state index contributed by atoms with van der Waals surface area (Å²) in [6.45, 7) is 5.04. The lowest BCUT2D eigenvalue weighted by Gasteiger charge is -2.12. The lowest BCUT2D eigenvalue weighted by molar-refractivity contribution is 1.02. The quantitative estimate of drug-likeness (QED) is 0.869. The lowest BCUT2D eigenvalue weighted by atomic mass is 10.2. The number of anilines is 2. The summed E-state index contributed by atoms with van der Waals surface area (Å²) in [5.41, 5.74) is 1.13. The molecule has 0 aliphatic rings. The van der Waals surface area contributed by atoms with Crippen molar-refractivity contribution in [1.29, 1.82) is 0 Å². The lowest BCUT2D eigenvalue weighted by Crippen LogP contribution is -2.07. The third-order valence-electron chi connectivity index (χ3n) is 2.76. The second kappa shape index (κ2) is 5.82. The topological polar surface area (TPSA) is 49.8 Å². The minimum atomic E-state index is 0.811. The standard InChI is InChI=1S/C13H18N4S/c1-4-11-12(14-3)16-8-17-13(11)15-7-10-6-5-9(2)18-10/h5-6,8H,4,7H2,1-3H3,(H2,14,15,16,17). The third kappa shape index (κ3) is 2.79. The van der Waals surface area contributed by atoms with Crippen molar-refractivity contribution in [3.8, 4) is 0 Å². The largest absolute Gasteiger partial charge is 0.373 e. The molecule has 2 heterocycles. The predicted molar refractivity (Wildman–Crippen MR) is 77.3 cm³/mol. The van der Waals surface area contributed by atoms with Gasteiger partial charge in [-0.05, 0) is 25.5 Å². The molecule has 0 atom stereocenters. The summed E-state index contributed by atoms with van der Waals surface area (Å²) >= 11 is 1.81. The van der Waals surface area contributed by atoms with E-state index in [1.54, 1.807) is 6.33 Å². The van der Waals surface area contributed by atoms with Gasteiger partial charge in [0.1, 0.15) is 18.0 Å². The van der Waals surface area contributed by atoms with Gasteiger partial charge < -0.3 is 10.6 Å². The molecule has 2 aromatic heterocycles. The van der Waals surface area contributed by atoms with E-state index in [0.717, 1.165) is 30.2 Å². The zero-order valence-corrected chi connectivity index (χ0v) is 11.8. The van der Waals surface area contributed by atoms with E-state index in [1.807, 2.05) is 18.4 Å². The van der Waals surface area contributed by atoms with E-state index < -0.39 is 0 Å². The first-order valence-corrected chi connectivity index (χ1v) is 6.87. The molecule has 0 bridgehead atoms. The van der Waals surface area contributed by atoms with Crippen LogP contribution in [0.5, 0.6) is 0 Å². The Labute approximate surface area is 111 Å². The van der Waals surface area contributed by atoms with Crippen LogP contribution in [0.4, 0.5) is 11.6 Å². The van der Waals surface area contributed by atoms with E-state index in [4.69, 9.17) is 0 Å². The maximum atomic E-state index is 4.32. The Morgan fingerprint density at radius 2 is 2.00 bits per heavy atom. The normalized spacial score (nSPS) is 10.4. The van der Waals surface area contributed by atoms with Gasteiger partial charge in [-0.25, -0.2) is 9.97 Å². The van der Waals surface area contributed by atoms with Crippen LogP contribution in [-0.2, 0) is 13.0 Å². The van der Waals surface area contributed by atoms with Crippen molar-refractivity contribution in [2.75, 3.05) is 17.7 Å². The fourth-order valence-electron chi connectivity index (χ4n) is 1.87. The fourth-order valence-corrected chi connectivity index (χ4v) is 2.70. The Morgan fingerprint density at radius 3 is 2.61 bits per heavy atom. The molecule has 0 aromatic carbocycles. The van der Waals surface area contributed by atoms with Gasteiger partial charge in [0, 0.05) is 22.4 Å². The Balaban J connectivity index is 2.13. The van der Waals surface area contributed by atoms with Crippen LogP contribution in [0.15, 0.2) is 18.5 Å². The van der Waals surface area contributed by atoms with Crippen molar-refractivity contribution in [2.45, 2.75) is 26.8 Å². The summed E-state index contributed by atoms with van der Waals surface area (Å²) in [6.07, 6.45) is 2.50. The summed E-state index contributed by atoms with van der Waals surface area (Å²) < 4.78 is 0. The highest BCUT2D eigenvalue weighted by Gasteiger charge is 2.08. The van der Waals surface area contributed by atoms with E-state index in [2.05, 4.69) is 46.6 Å². The van der Waals surface area contributed by atoms with E-state index in [1.165, 1.54) is 9.75 Å². The van der Waals surface area contributed by atoms with Crippen LogP contribution in [0, 0.1) is 6.92 Å². The molecule has 5 heteroatoms. The molecule has 0 saturated carbocycles. The van der Waals surface area contributed by atoms with Gasteiger partial charge in [-0.1, -0.05) is 6.92 Å². The van der Waals surface area contributed by atoms with Gasteiger partial charge in [0.25, 0.3) is 0 Å². The minimum Gasteiger partial charge on any atom is -0.373 e. The van der Waals surface area contributed by atoms with Crippen LogP contribution >= 0.6 is 11.3 Å². The first kappa shape index (κ1) is 12.8. The van der Waals surface area contributed by atoms with E-state index >= 15 is 0 Å². The molecule has 0 aliphatic carbocycles. The highest BCUT2D eigenvalue weighted by atomic mass is 32.1. The number of hydrogen-bond donors (Lipinski definition) is 2. The Hall–Kier alpha value is -1.62. The molecule has 2 aromatic rings. The monoisotopic (exact) mass is 262 g/mol. The maximum Gasteiger partial charge on any atom is 0.135 e. The van der Waals surface area contributed by atoms with Gasteiger partial charge in [0.2, 0.25) is 0 Å². The highest BCUT2D eigenvalue weighted by Crippen LogP contribution is 2.22. The van der Waals surface area contributed by atoms with Crippen molar-refractivity contribution >= 4 is 23.0 Å². The molecule has 0 spiro atoms. The highest BCUT2D eigenvalue weighted by molar-refractivity contribution is 7.11. The molecular weight excluding hydrogens is 244 g/mol. The molecule has 2 rings (SSSR count). The van der Waals surface area contributed by atoms with Crippen LogP contribution in [0.2, 0.25) is 0 Å². The van der Waals surface area contributed by atoms with Gasteiger partial charge in [-0.15, -0.1) is 11.3 Å². The maximum absolute atomic E-state index is 4.32. The van der Waals surface area contributed by atoms with Gasteiger partial charge in [-0.3, -0.25) is 0 Å². The Morgan fingerprint density at radius 1 is 1.22 bits per heavy atom. The molecule has 4 nitrogen and oxygen atoms in total. The molecule has 0 saturated heterocycles. The van der Waals surface area contributed by atoms with E-state index in [-0.39, 0.29) is 0 Å². The van der Waals surface area contributed by atoms with Gasteiger partial charge in [0.15, 0.2) is 0 Å². The molecule has 18 heavy (non-hydrogen) atoms. The molecule has 0 fully saturated rings. The van der Waals surface area contributed by atoms with Crippen molar-refractivity contribution in [3.63, 3.8) is 0 Å². The number of hydrogen-bond acceptors (Lipinski definition) is 5. The molecule has 2 N–H and O–H groups in total. The number of rotatable bonds is 5. The van der Waals surface area contributed by atoms with Crippen molar-refractivity contribution < 1.29 is 0 Å². The second-order valence-corrected chi connectivity index (χ2v) is 5.39. The van der Waals surface area contributed by atoms with E-state index in [9.17, 15) is 0 Å². The summed E-state index contributed by atoms with van der Waals surface area (Å²) in [6, 6.07) is 4.29. The zero-order chi connectivity index (χ0) is 13.0. The Bertz CT molecular complexity index is 521. The van der Waals surface area contributed by atoms with Crippen molar-refractivity contribution in [1.82, 2.24) is 9.97 Å². The molecule has 96 valence electrons. The van der Waals surface area contributed by atoms with Gasteiger partial charge in [0.05, 0.1) is 6.54 Å². The third-order valence-corrected chi connectivity index (χ3v) is 3.76. The summed E-state index contributed by atoms with van der Waals surface area (Å²) in [5.74, 6) is 1.82. The minimum absolute atomic E-state index is 0.811. The van der Waals surface area contributed by atoms with Crippen LogP contribution in [-0.4, -0.2) is 17.0 Å². The average Bonchev–Trinajstić information content (AvgIpc) is 2.81. The van der Waals surface area contributed by atoms with Gasteiger partial charge >= 0.3 is 0 Å². The number of nitrogens with zero attached hydrogens (tertiary/aromatic N) is 2. The van der Waals surface area contributed by atoms with Crippen molar-refractivity contribution in [3.05, 3.63) is 33.8 Å². The Kier molecular flexibility index (Phi) is 4.15. The first-order valence-electron chi connectivity index (χ1n) is 6.05. The van der Waals surface area contributed by atoms with E-state index in [0.29, 0.717) is 0 Å². The predicted octanol–water partition coefficient (Wildman–Crippen LogP) is 3.06. The van der Waals surface area contributed by atoms with Crippen LogP contribution in [0.25, 0.3) is 0 Å². The zero-order valence-electron chi connectivity index (χ0n) is 10.9. The number of thiophene rings is 1. The smallest absolute Gasteiger partial charge is 0.135 e. The van der Waals surface area contributed by atoms with Crippen LogP contribution < -0.4 is 10.6 Å². The average molecular weight is 262 g/mol. The molecule has 0 radical (unpaired) electrons. The second-order valence-electron chi connectivity index (χ2n) is 4.02. The van der Waals surface area contributed by atoms with Crippen molar-refractivity contribution in [2.24, 2.45) is 0 Å².